The summed E-state index contributed by atoms with van der Waals surface area (Å²) in [6.07, 6.45) is 3.24. The number of amides is 2. The molecule has 5 aromatic rings. The van der Waals surface area contributed by atoms with Gasteiger partial charge in [0.05, 0.1) is 13.3 Å². The summed E-state index contributed by atoms with van der Waals surface area (Å²) in [7, 11) is 1.58. The highest BCUT2D eigenvalue weighted by molar-refractivity contribution is 6.13. The number of fused-ring (bicyclic) bond motifs is 2. The maximum atomic E-state index is 13.2. The van der Waals surface area contributed by atoms with Crippen LogP contribution in [0.2, 0.25) is 0 Å². The van der Waals surface area contributed by atoms with Crippen molar-refractivity contribution >= 4 is 45.6 Å². The van der Waals surface area contributed by atoms with Crippen LogP contribution in [0.15, 0.2) is 120 Å². The molecule has 0 saturated heterocycles. The van der Waals surface area contributed by atoms with Crippen LogP contribution in [0.4, 0.5) is 0 Å². The zero-order chi connectivity index (χ0) is 26.3. The first-order valence-electron chi connectivity index (χ1n) is 12.1. The fraction of sp³-hybridized carbons (Fsp3) is 0.0312. The summed E-state index contributed by atoms with van der Waals surface area (Å²) in [5.74, 6) is -0.260. The molecular formula is C32H25N3O3. The first-order chi connectivity index (χ1) is 18.6. The van der Waals surface area contributed by atoms with Crippen LogP contribution in [0.3, 0.4) is 0 Å². The van der Waals surface area contributed by atoms with Crippen LogP contribution in [0.25, 0.3) is 27.6 Å². The molecule has 0 fully saturated rings. The Morgan fingerprint density at radius 1 is 0.763 bits per heavy atom. The predicted octanol–water partition coefficient (Wildman–Crippen LogP) is 5.92. The largest absolute Gasteiger partial charge is 0.497 e. The molecule has 6 nitrogen and oxygen atoms in total. The van der Waals surface area contributed by atoms with Gasteiger partial charge in [0, 0.05) is 11.1 Å². The number of carbonyl (C=O) groups excluding carboxylic acids is 2. The second-order valence-electron chi connectivity index (χ2n) is 8.58. The summed E-state index contributed by atoms with van der Waals surface area (Å²) in [6, 6.07) is 34.1. The lowest BCUT2D eigenvalue weighted by Gasteiger charge is -2.10. The first-order valence-corrected chi connectivity index (χ1v) is 12.1. The number of hydrazone groups is 1. The van der Waals surface area contributed by atoms with Gasteiger partial charge in [0.1, 0.15) is 11.4 Å². The summed E-state index contributed by atoms with van der Waals surface area (Å²) in [4.78, 5) is 26.1. The van der Waals surface area contributed by atoms with Crippen molar-refractivity contribution in [1.82, 2.24) is 10.7 Å². The minimum absolute atomic E-state index is 0.0592. The minimum atomic E-state index is -0.550. The Kier molecular flexibility index (Phi) is 7.23. The quantitative estimate of drug-likeness (QED) is 0.126. The van der Waals surface area contributed by atoms with E-state index in [4.69, 9.17) is 4.74 Å². The highest BCUT2D eigenvalue weighted by Crippen LogP contribution is 2.27. The van der Waals surface area contributed by atoms with Crippen LogP contribution in [0.5, 0.6) is 5.75 Å². The Morgan fingerprint density at radius 3 is 2.00 bits per heavy atom. The summed E-state index contributed by atoms with van der Waals surface area (Å²) < 4.78 is 5.21. The van der Waals surface area contributed by atoms with Crippen molar-refractivity contribution in [3.8, 4) is 5.75 Å². The average Bonchev–Trinajstić information content (AvgIpc) is 2.97. The summed E-state index contributed by atoms with van der Waals surface area (Å²) in [6.45, 7) is 0. The molecule has 0 aliphatic carbocycles. The van der Waals surface area contributed by atoms with Gasteiger partial charge in [0.15, 0.2) is 0 Å². The van der Waals surface area contributed by atoms with Gasteiger partial charge in [0.2, 0.25) is 0 Å². The van der Waals surface area contributed by atoms with E-state index in [2.05, 4.69) is 21.9 Å². The van der Waals surface area contributed by atoms with E-state index >= 15 is 0 Å². The van der Waals surface area contributed by atoms with Gasteiger partial charge in [-0.2, -0.15) is 5.10 Å². The molecule has 0 heterocycles. The van der Waals surface area contributed by atoms with Crippen LogP contribution in [0.1, 0.15) is 21.5 Å². The van der Waals surface area contributed by atoms with Crippen LogP contribution in [-0.2, 0) is 4.79 Å². The minimum Gasteiger partial charge on any atom is -0.497 e. The fourth-order valence-electron chi connectivity index (χ4n) is 4.21. The molecule has 38 heavy (non-hydrogen) atoms. The van der Waals surface area contributed by atoms with E-state index in [1.54, 1.807) is 67.9 Å². The van der Waals surface area contributed by atoms with Crippen molar-refractivity contribution in [2.45, 2.75) is 0 Å². The molecule has 186 valence electrons. The third-order valence-electron chi connectivity index (χ3n) is 6.13. The maximum absolute atomic E-state index is 13.2. The molecule has 2 N–H and O–H groups in total. The zero-order valence-electron chi connectivity index (χ0n) is 20.7. The zero-order valence-corrected chi connectivity index (χ0v) is 20.7. The molecule has 0 spiro atoms. The van der Waals surface area contributed by atoms with Gasteiger partial charge in [-0.3, -0.25) is 9.59 Å². The van der Waals surface area contributed by atoms with Crippen LogP contribution in [-0.4, -0.2) is 25.1 Å². The molecule has 6 heteroatoms. The van der Waals surface area contributed by atoms with Crippen LogP contribution >= 0.6 is 0 Å². The summed E-state index contributed by atoms with van der Waals surface area (Å²) in [5, 5.41) is 11.2. The number of nitrogens with one attached hydrogen (secondary N) is 2. The molecule has 5 aromatic carbocycles. The SMILES string of the molecule is COc1ccc(/C=C(/NC(=O)c2ccccc2)C(=O)NN=Cc2c3ccccc3cc3ccccc23)cc1. The van der Waals surface area contributed by atoms with Crippen molar-refractivity contribution in [3.05, 3.63) is 132 Å². The first kappa shape index (κ1) is 24.5. The molecular weight excluding hydrogens is 474 g/mol. The number of rotatable bonds is 7. The molecule has 0 aromatic heterocycles. The molecule has 2 amide bonds. The highest BCUT2D eigenvalue weighted by atomic mass is 16.5. The molecule has 0 radical (unpaired) electrons. The van der Waals surface area contributed by atoms with Gasteiger partial charge in [0.25, 0.3) is 11.8 Å². The van der Waals surface area contributed by atoms with E-state index in [0.29, 0.717) is 16.9 Å². The van der Waals surface area contributed by atoms with Crippen molar-refractivity contribution in [2.75, 3.05) is 7.11 Å². The number of nitrogens with zero attached hydrogens (tertiary/aromatic N) is 1. The lowest BCUT2D eigenvalue weighted by molar-refractivity contribution is -0.117. The topological polar surface area (TPSA) is 79.8 Å². The smallest absolute Gasteiger partial charge is 0.287 e. The summed E-state index contributed by atoms with van der Waals surface area (Å²) >= 11 is 0. The molecule has 0 unspecified atom stereocenters. The molecule has 0 atom stereocenters. The third kappa shape index (κ3) is 5.44. The highest BCUT2D eigenvalue weighted by Gasteiger charge is 2.14. The lowest BCUT2D eigenvalue weighted by atomic mass is 9.97. The summed E-state index contributed by atoms with van der Waals surface area (Å²) in [5.41, 5.74) is 4.69. The Labute approximate surface area is 220 Å². The van der Waals surface area contributed by atoms with Gasteiger partial charge in [-0.1, -0.05) is 78.9 Å². The molecule has 0 aliphatic rings. The maximum Gasteiger partial charge on any atom is 0.287 e. The van der Waals surface area contributed by atoms with Gasteiger partial charge >= 0.3 is 0 Å². The lowest BCUT2D eigenvalue weighted by Crippen LogP contribution is -2.32. The molecule has 0 saturated carbocycles. The van der Waals surface area contributed by atoms with E-state index in [1.807, 2.05) is 54.6 Å². The number of ether oxygens (including phenoxy) is 1. The standard InChI is InChI=1S/C32H25N3O3/c1-38-26-17-15-22(16-18-26)19-30(34-31(36)23-9-3-2-4-10-23)32(37)35-33-21-29-27-13-7-5-11-24(27)20-25-12-6-8-14-28(25)29/h2-21H,1H3,(H,34,36)(H,35,37)/b30-19+,33-21?. The van der Waals surface area contributed by atoms with Crippen molar-refractivity contribution in [2.24, 2.45) is 5.10 Å². The van der Waals surface area contributed by atoms with E-state index in [1.165, 1.54) is 0 Å². The number of hydrogen-bond acceptors (Lipinski definition) is 4. The van der Waals surface area contributed by atoms with Crippen molar-refractivity contribution < 1.29 is 14.3 Å². The predicted molar refractivity (Wildman–Crippen MR) is 152 cm³/mol. The van der Waals surface area contributed by atoms with Gasteiger partial charge in [-0.15, -0.1) is 0 Å². The number of benzene rings is 5. The fourth-order valence-corrected chi connectivity index (χ4v) is 4.21. The van der Waals surface area contributed by atoms with Gasteiger partial charge < -0.3 is 10.1 Å². The van der Waals surface area contributed by atoms with Gasteiger partial charge in [-0.05, 0) is 63.5 Å². The molecule has 0 bridgehead atoms. The second-order valence-corrected chi connectivity index (χ2v) is 8.58. The number of hydrogen-bond donors (Lipinski definition) is 2. The third-order valence-corrected chi connectivity index (χ3v) is 6.13. The Balaban J connectivity index is 1.45. The normalized spacial score (nSPS) is 11.6. The van der Waals surface area contributed by atoms with E-state index < -0.39 is 11.8 Å². The number of carbonyl (C=O) groups is 2. The average molecular weight is 500 g/mol. The Bertz CT molecular complexity index is 1620. The second kappa shape index (κ2) is 11.2. The van der Waals surface area contributed by atoms with Crippen molar-refractivity contribution in [1.29, 1.82) is 0 Å². The van der Waals surface area contributed by atoms with Crippen LogP contribution in [0, 0.1) is 0 Å². The van der Waals surface area contributed by atoms with E-state index in [9.17, 15) is 9.59 Å². The monoisotopic (exact) mass is 499 g/mol. The van der Waals surface area contributed by atoms with E-state index in [0.717, 1.165) is 27.1 Å². The van der Waals surface area contributed by atoms with Crippen molar-refractivity contribution in [3.63, 3.8) is 0 Å². The Morgan fingerprint density at radius 2 is 1.37 bits per heavy atom. The molecule has 5 rings (SSSR count). The molecule has 0 aliphatic heterocycles. The van der Waals surface area contributed by atoms with Crippen LogP contribution < -0.4 is 15.5 Å². The van der Waals surface area contributed by atoms with E-state index in [-0.39, 0.29) is 5.70 Å². The van der Waals surface area contributed by atoms with Gasteiger partial charge in [-0.25, -0.2) is 5.43 Å². The Hall–Kier alpha value is -5.23. The number of methoxy groups -OCH3 is 1.